The molecule has 0 unspecified atom stereocenters. The number of oxazole rings is 1. The van der Waals surface area contributed by atoms with Crippen LogP contribution in [0.15, 0.2) is 28.7 Å². The van der Waals surface area contributed by atoms with Crippen LogP contribution < -0.4 is 4.74 Å². The Labute approximate surface area is 165 Å². The number of carbonyl (C=O) groups excluding carboxylic acids is 1. The van der Waals surface area contributed by atoms with Crippen LogP contribution >= 0.6 is 15.9 Å². The van der Waals surface area contributed by atoms with Gasteiger partial charge in [-0.1, -0.05) is 15.9 Å². The van der Waals surface area contributed by atoms with Crippen molar-refractivity contribution in [3.05, 3.63) is 41.4 Å². The van der Waals surface area contributed by atoms with Crippen LogP contribution in [0.2, 0.25) is 0 Å². The molecule has 1 aromatic carbocycles. The van der Waals surface area contributed by atoms with Crippen molar-refractivity contribution >= 4 is 32.8 Å². The molecule has 148 valence electrons. The fraction of sp³-hybridized carbons (Fsp3) is 0.278. The zero-order valence-corrected chi connectivity index (χ0v) is 16.3. The summed E-state index contributed by atoms with van der Waals surface area (Å²) in [4.78, 5) is 20.0. The second kappa shape index (κ2) is 7.78. The average molecular weight is 459 g/mol. The summed E-state index contributed by atoms with van der Waals surface area (Å²) in [6.07, 6.45) is -4.60. The molecule has 6 nitrogen and oxygen atoms in total. The highest BCUT2D eigenvalue weighted by Gasteiger charge is 2.33. The lowest BCUT2D eigenvalue weighted by Gasteiger charge is -2.11. The zero-order chi connectivity index (χ0) is 20.5. The van der Waals surface area contributed by atoms with Crippen LogP contribution in [0.4, 0.5) is 13.2 Å². The maximum Gasteiger partial charge on any atom is 0.433 e. The summed E-state index contributed by atoms with van der Waals surface area (Å²) in [5, 5.41) is 0.569. The highest BCUT2D eigenvalue weighted by atomic mass is 79.9. The summed E-state index contributed by atoms with van der Waals surface area (Å²) in [5.74, 6) is -0.516. The predicted molar refractivity (Wildman–Crippen MR) is 97.4 cm³/mol. The van der Waals surface area contributed by atoms with Gasteiger partial charge in [0.15, 0.2) is 0 Å². The molecule has 0 spiro atoms. The Morgan fingerprint density at radius 2 is 1.96 bits per heavy atom. The van der Waals surface area contributed by atoms with Gasteiger partial charge in [-0.15, -0.1) is 0 Å². The van der Waals surface area contributed by atoms with Crippen LogP contribution in [0.1, 0.15) is 28.9 Å². The molecule has 0 aliphatic heterocycles. The SMILES string of the molecule is CCOC(=O)c1oc(-c2ccc(OC)c3nc(C(F)(F)F)ccc23)nc1CBr. The molecule has 2 aromatic heterocycles. The van der Waals surface area contributed by atoms with Crippen molar-refractivity contribution in [1.82, 2.24) is 9.97 Å². The number of alkyl halides is 4. The second-order valence-electron chi connectivity index (χ2n) is 5.55. The van der Waals surface area contributed by atoms with Crippen LogP contribution in [0.25, 0.3) is 22.4 Å². The molecule has 0 aliphatic carbocycles. The molecule has 0 fully saturated rings. The molecule has 0 saturated carbocycles. The molecule has 3 aromatic rings. The summed E-state index contributed by atoms with van der Waals surface area (Å²) in [6.45, 7) is 1.82. The maximum absolute atomic E-state index is 13.0. The van der Waals surface area contributed by atoms with E-state index < -0.39 is 17.8 Å². The molecular weight excluding hydrogens is 445 g/mol. The quantitative estimate of drug-likeness (QED) is 0.396. The Bertz CT molecular complexity index is 1030. The van der Waals surface area contributed by atoms with Crippen LogP contribution in [0, 0.1) is 0 Å². The molecule has 0 N–H and O–H groups in total. The number of fused-ring (bicyclic) bond motifs is 1. The van der Waals surface area contributed by atoms with E-state index in [1.54, 1.807) is 13.0 Å². The van der Waals surface area contributed by atoms with Gasteiger partial charge in [-0.05, 0) is 31.2 Å². The molecular formula is C18H14BrF3N2O4. The first-order valence-electron chi connectivity index (χ1n) is 8.08. The van der Waals surface area contributed by atoms with Crippen molar-refractivity contribution in [3.8, 4) is 17.2 Å². The number of pyridine rings is 1. The van der Waals surface area contributed by atoms with Gasteiger partial charge in [-0.25, -0.2) is 14.8 Å². The number of aromatic nitrogens is 2. The lowest BCUT2D eigenvalue weighted by Crippen LogP contribution is -2.08. The molecule has 0 atom stereocenters. The van der Waals surface area contributed by atoms with Crippen molar-refractivity contribution in [2.75, 3.05) is 13.7 Å². The van der Waals surface area contributed by atoms with Gasteiger partial charge in [0.25, 0.3) is 0 Å². The van der Waals surface area contributed by atoms with Gasteiger partial charge in [0, 0.05) is 16.3 Å². The van der Waals surface area contributed by atoms with Gasteiger partial charge >= 0.3 is 12.1 Å². The third-order valence-corrected chi connectivity index (χ3v) is 4.38. The van der Waals surface area contributed by atoms with E-state index in [-0.39, 0.29) is 34.9 Å². The van der Waals surface area contributed by atoms with Crippen LogP contribution in [-0.2, 0) is 16.2 Å². The molecule has 3 rings (SSSR count). The maximum atomic E-state index is 13.0. The van der Waals surface area contributed by atoms with Crippen molar-refractivity contribution in [2.45, 2.75) is 18.4 Å². The summed E-state index contributed by atoms with van der Waals surface area (Å²) >= 11 is 3.23. The predicted octanol–water partition coefficient (Wildman–Crippen LogP) is 4.99. The number of hydrogen-bond acceptors (Lipinski definition) is 6. The van der Waals surface area contributed by atoms with Crippen LogP contribution in [-0.4, -0.2) is 29.7 Å². The number of esters is 1. The number of rotatable bonds is 5. The van der Waals surface area contributed by atoms with Gasteiger partial charge < -0.3 is 13.9 Å². The minimum absolute atomic E-state index is 0.00565. The fourth-order valence-corrected chi connectivity index (χ4v) is 2.99. The Hall–Kier alpha value is -2.62. The lowest BCUT2D eigenvalue weighted by atomic mass is 10.1. The van der Waals surface area contributed by atoms with Gasteiger partial charge in [-0.2, -0.15) is 13.2 Å². The summed E-state index contributed by atoms with van der Waals surface area (Å²) in [7, 11) is 1.34. The van der Waals surface area contributed by atoms with E-state index in [9.17, 15) is 18.0 Å². The first-order valence-corrected chi connectivity index (χ1v) is 9.20. The number of hydrogen-bond donors (Lipinski definition) is 0. The highest BCUT2D eigenvalue weighted by Crippen LogP contribution is 2.37. The fourth-order valence-electron chi connectivity index (χ4n) is 2.61. The zero-order valence-electron chi connectivity index (χ0n) is 14.8. The molecule has 10 heteroatoms. The number of methoxy groups -OCH3 is 1. The third-order valence-electron chi connectivity index (χ3n) is 3.85. The van der Waals surface area contributed by atoms with E-state index in [2.05, 4.69) is 25.9 Å². The van der Waals surface area contributed by atoms with E-state index in [0.717, 1.165) is 6.07 Å². The largest absolute Gasteiger partial charge is 0.494 e. The molecule has 0 amide bonds. The first kappa shape index (κ1) is 20.1. The molecule has 0 radical (unpaired) electrons. The smallest absolute Gasteiger partial charge is 0.433 e. The van der Waals surface area contributed by atoms with Gasteiger partial charge in [0.05, 0.1) is 13.7 Å². The molecule has 2 heterocycles. The van der Waals surface area contributed by atoms with Crippen molar-refractivity contribution in [3.63, 3.8) is 0 Å². The topological polar surface area (TPSA) is 74.5 Å². The van der Waals surface area contributed by atoms with Crippen LogP contribution in [0.5, 0.6) is 5.75 Å². The van der Waals surface area contributed by atoms with Crippen molar-refractivity contribution < 1.29 is 31.9 Å². The highest BCUT2D eigenvalue weighted by molar-refractivity contribution is 9.08. The van der Waals surface area contributed by atoms with E-state index in [4.69, 9.17) is 13.9 Å². The number of benzene rings is 1. The molecule has 0 saturated heterocycles. The number of nitrogens with zero attached hydrogens (tertiary/aromatic N) is 2. The summed E-state index contributed by atoms with van der Waals surface area (Å²) in [6, 6.07) is 5.18. The van der Waals surface area contributed by atoms with E-state index in [1.165, 1.54) is 19.2 Å². The number of carbonyl (C=O) groups is 1. The Balaban J connectivity index is 2.20. The van der Waals surface area contributed by atoms with Gasteiger partial charge in [-0.3, -0.25) is 0 Å². The minimum atomic E-state index is -4.60. The van der Waals surface area contributed by atoms with Gasteiger partial charge in [0.1, 0.15) is 22.7 Å². The van der Waals surface area contributed by atoms with Gasteiger partial charge in [0.2, 0.25) is 11.7 Å². The monoisotopic (exact) mass is 458 g/mol. The molecule has 0 aliphatic rings. The molecule has 0 bridgehead atoms. The Morgan fingerprint density at radius 3 is 2.57 bits per heavy atom. The third kappa shape index (κ3) is 3.68. The van der Waals surface area contributed by atoms with Crippen LogP contribution in [0.3, 0.4) is 0 Å². The number of ether oxygens (including phenoxy) is 2. The van der Waals surface area contributed by atoms with Crippen molar-refractivity contribution in [2.24, 2.45) is 0 Å². The Kier molecular flexibility index (Phi) is 5.59. The second-order valence-corrected chi connectivity index (χ2v) is 6.12. The summed E-state index contributed by atoms with van der Waals surface area (Å²) < 4.78 is 54.8. The van der Waals surface area contributed by atoms with E-state index in [0.29, 0.717) is 16.6 Å². The van der Waals surface area contributed by atoms with E-state index >= 15 is 0 Å². The van der Waals surface area contributed by atoms with Crippen molar-refractivity contribution in [1.29, 1.82) is 0 Å². The minimum Gasteiger partial charge on any atom is -0.494 e. The standard InChI is InChI=1S/C18H14BrF3N2O4/c1-3-27-17(25)15-11(8-19)23-16(28-15)10-4-6-12(26-2)14-9(10)5-7-13(24-14)18(20,21)22/h4-7H,3,8H2,1-2H3. The average Bonchev–Trinajstić information content (AvgIpc) is 3.10. The summed E-state index contributed by atoms with van der Waals surface area (Å²) in [5.41, 5.74) is -0.352. The van der Waals surface area contributed by atoms with E-state index in [1.807, 2.05) is 0 Å². The lowest BCUT2D eigenvalue weighted by molar-refractivity contribution is -0.140. The normalized spacial score (nSPS) is 11.6. The Morgan fingerprint density at radius 1 is 1.21 bits per heavy atom. The number of halogens is 4. The molecule has 28 heavy (non-hydrogen) atoms. The first-order chi connectivity index (χ1) is 13.3.